The maximum atomic E-state index is 12.6. The van der Waals surface area contributed by atoms with Crippen molar-refractivity contribution in [3.63, 3.8) is 0 Å². The van der Waals surface area contributed by atoms with Crippen LogP contribution in [0.4, 0.5) is 18.9 Å². The van der Waals surface area contributed by atoms with Gasteiger partial charge >= 0.3 is 6.18 Å². The van der Waals surface area contributed by atoms with E-state index in [2.05, 4.69) is 21.2 Å². The first-order valence-corrected chi connectivity index (χ1v) is 7.27. The molecule has 0 aliphatic heterocycles. The van der Waals surface area contributed by atoms with Crippen LogP contribution in [-0.4, -0.2) is 5.91 Å². The molecule has 0 unspecified atom stereocenters. The summed E-state index contributed by atoms with van der Waals surface area (Å²) in [6, 6.07) is 4.93. The zero-order chi connectivity index (χ0) is 14.8. The van der Waals surface area contributed by atoms with E-state index in [1.54, 1.807) is 6.07 Å². The van der Waals surface area contributed by atoms with Crippen LogP contribution in [-0.2, 0) is 17.4 Å². The van der Waals surface area contributed by atoms with Crippen molar-refractivity contribution in [3.8, 4) is 0 Å². The summed E-state index contributed by atoms with van der Waals surface area (Å²) < 4.78 is 38.3. The molecule has 0 aliphatic rings. The summed E-state index contributed by atoms with van der Waals surface area (Å²) in [4.78, 5) is 11.8. The van der Waals surface area contributed by atoms with Gasteiger partial charge in [0.2, 0.25) is 5.91 Å². The highest BCUT2D eigenvalue weighted by Crippen LogP contribution is 2.34. The van der Waals surface area contributed by atoms with Gasteiger partial charge in [0.05, 0.1) is 17.7 Å². The highest BCUT2D eigenvalue weighted by Gasteiger charge is 2.31. The zero-order valence-corrected chi connectivity index (χ0v) is 12.4. The molecule has 0 bridgehead atoms. The van der Waals surface area contributed by atoms with Crippen LogP contribution in [0.2, 0.25) is 0 Å². The van der Waals surface area contributed by atoms with Crippen LogP contribution in [0.25, 0.3) is 0 Å². The first-order valence-electron chi connectivity index (χ1n) is 5.54. The van der Waals surface area contributed by atoms with Gasteiger partial charge in [-0.15, -0.1) is 0 Å². The summed E-state index contributed by atoms with van der Waals surface area (Å²) in [5.41, 5.74) is 0.141. The molecule has 1 aromatic carbocycles. The number of carbonyl (C=O) groups excluding carboxylic acids is 1. The Kier molecular flexibility index (Phi) is 4.49. The van der Waals surface area contributed by atoms with Gasteiger partial charge < -0.3 is 5.32 Å². The lowest BCUT2D eigenvalue weighted by Crippen LogP contribution is -2.15. The predicted molar refractivity (Wildman–Crippen MR) is 75.8 cm³/mol. The predicted octanol–water partition coefficient (Wildman–Crippen LogP) is 4.71. The molecule has 20 heavy (non-hydrogen) atoms. The van der Waals surface area contributed by atoms with Crippen LogP contribution in [0.5, 0.6) is 0 Å². The van der Waals surface area contributed by atoms with Crippen molar-refractivity contribution in [1.29, 1.82) is 0 Å². The van der Waals surface area contributed by atoms with Crippen LogP contribution in [0.1, 0.15) is 11.1 Å². The van der Waals surface area contributed by atoms with Gasteiger partial charge in [0.1, 0.15) is 0 Å². The summed E-state index contributed by atoms with van der Waals surface area (Å²) >= 11 is 4.58. The molecule has 106 valence electrons. The Balaban J connectivity index is 2.14. The van der Waals surface area contributed by atoms with Gasteiger partial charge in [0.25, 0.3) is 0 Å². The van der Waals surface area contributed by atoms with Crippen molar-refractivity contribution in [2.75, 3.05) is 5.32 Å². The van der Waals surface area contributed by atoms with Gasteiger partial charge in [-0.1, -0.05) is 0 Å². The number of alkyl halides is 3. The van der Waals surface area contributed by atoms with E-state index in [0.717, 1.165) is 17.7 Å². The lowest BCUT2D eigenvalue weighted by Gasteiger charge is -2.11. The number of halogens is 4. The first-order chi connectivity index (χ1) is 9.36. The molecular formula is C13H9BrF3NOS. The quantitative estimate of drug-likeness (QED) is 0.840. The molecule has 0 saturated heterocycles. The molecule has 1 N–H and O–H groups in total. The van der Waals surface area contributed by atoms with Crippen molar-refractivity contribution in [2.24, 2.45) is 0 Å². The minimum atomic E-state index is -4.44. The van der Waals surface area contributed by atoms with Crippen molar-refractivity contribution >= 4 is 38.9 Å². The molecule has 0 radical (unpaired) electrons. The third-order valence-electron chi connectivity index (χ3n) is 2.51. The van der Waals surface area contributed by atoms with Crippen molar-refractivity contribution in [3.05, 3.63) is 50.6 Å². The number of carbonyl (C=O) groups is 1. The minimum absolute atomic E-state index is 0.111. The van der Waals surface area contributed by atoms with Crippen molar-refractivity contribution in [2.45, 2.75) is 12.6 Å². The molecule has 0 saturated carbocycles. The largest absolute Gasteiger partial charge is 0.416 e. The molecule has 1 aromatic heterocycles. The van der Waals surface area contributed by atoms with E-state index in [1.165, 1.54) is 17.4 Å². The van der Waals surface area contributed by atoms with Crippen molar-refractivity contribution < 1.29 is 18.0 Å². The number of benzene rings is 1. The van der Waals surface area contributed by atoms with Crippen LogP contribution in [0.15, 0.2) is 39.5 Å². The average molecular weight is 364 g/mol. The number of hydrogen-bond acceptors (Lipinski definition) is 2. The Labute approximate surface area is 125 Å². The number of nitrogens with one attached hydrogen (secondary N) is 1. The first kappa shape index (κ1) is 15.1. The fourth-order valence-electron chi connectivity index (χ4n) is 1.57. The number of hydrogen-bond donors (Lipinski definition) is 1. The molecule has 2 aromatic rings. The highest BCUT2D eigenvalue weighted by molar-refractivity contribution is 9.10. The fourth-order valence-corrected chi connectivity index (χ4v) is 2.58. The smallest absolute Gasteiger partial charge is 0.325 e. The summed E-state index contributed by atoms with van der Waals surface area (Å²) in [5, 5.41) is 6.14. The van der Waals surface area contributed by atoms with Gasteiger partial charge in [-0.3, -0.25) is 4.79 Å². The Hall–Kier alpha value is -1.34. The second-order valence-electron chi connectivity index (χ2n) is 4.05. The summed E-state index contributed by atoms with van der Waals surface area (Å²) in [6.07, 6.45) is -4.31. The van der Waals surface area contributed by atoms with Gasteiger partial charge in [-0.05, 0) is 56.5 Å². The van der Waals surface area contributed by atoms with Gasteiger partial charge in [0.15, 0.2) is 0 Å². The third kappa shape index (κ3) is 3.83. The lowest BCUT2D eigenvalue weighted by molar-refractivity contribution is -0.137. The van der Waals surface area contributed by atoms with Gasteiger partial charge in [0, 0.05) is 4.47 Å². The standard InChI is InChI=1S/C13H9BrF3NOS/c14-10-2-1-9(13(15,16)17)6-11(10)18-12(19)5-8-3-4-20-7-8/h1-4,6-7H,5H2,(H,18,19). The van der Waals surface area contributed by atoms with Crippen LogP contribution < -0.4 is 5.32 Å². The zero-order valence-electron chi connectivity index (χ0n) is 10.00. The molecule has 0 atom stereocenters. The molecule has 1 heterocycles. The molecule has 0 spiro atoms. The molecule has 1 amide bonds. The molecule has 7 heteroatoms. The molecule has 0 aliphatic carbocycles. The number of amides is 1. The topological polar surface area (TPSA) is 29.1 Å². The summed E-state index contributed by atoms with van der Waals surface area (Å²) in [7, 11) is 0. The molecule has 2 rings (SSSR count). The van der Waals surface area contributed by atoms with Crippen LogP contribution in [0, 0.1) is 0 Å². The Morgan fingerprint density at radius 1 is 1.30 bits per heavy atom. The van der Waals surface area contributed by atoms with Gasteiger partial charge in [-0.25, -0.2) is 0 Å². The normalized spacial score (nSPS) is 11.4. The minimum Gasteiger partial charge on any atom is -0.325 e. The van der Waals surface area contributed by atoms with E-state index < -0.39 is 11.7 Å². The number of anilines is 1. The molecule has 0 fully saturated rings. The van der Waals surface area contributed by atoms with E-state index in [-0.39, 0.29) is 18.0 Å². The Morgan fingerprint density at radius 3 is 2.65 bits per heavy atom. The monoisotopic (exact) mass is 363 g/mol. The lowest BCUT2D eigenvalue weighted by atomic mass is 10.2. The molecule has 2 nitrogen and oxygen atoms in total. The second-order valence-corrected chi connectivity index (χ2v) is 5.68. The van der Waals surface area contributed by atoms with E-state index in [9.17, 15) is 18.0 Å². The molecular weight excluding hydrogens is 355 g/mol. The summed E-state index contributed by atoms with van der Waals surface area (Å²) in [6.45, 7) is 0. The van der Waals surface area contributed by atoms with E-state index in [1.807, 2.05) is 10.8 Å². The second kappa shape index (κ2) is 5.97. The SMILES string of the molecule is O=C(Cc1ccsc1)Nc1cc(C(F)(F)F)ccc1Br. The Morgan fingerprint density at radius 2 is 2.05 bits per heavy atom. The van der Waals surface area contributed by atoms with E-state index in [0.29, 0.717) is 4.47 Å². The number of thiophene rings is 1. The fraction of sp³-hybridized carbons (Fsp3) is 0.154. The number of rotatable bonds is 3. The van der Waals surface area contributed by atoms with E-state index >= 15 is 0 Å². The highest BCUT2D eigenvalue weighted by atomic mass is 79.9. The average Bonchev–Trinajstić information content (AvgIpc) is 2.83. The van der Waals surface area contributed by atoms with Gasteiger partial charge in [-0.2, -0.15) is 24.5 Å². The van der Waals surface area contributed by atoms with Crippen LogP contribution in [0.3, 0.4) is 0 Å². The maximum absolute atomic E-state index is 12.6. The summed E-state index contributed by atoms with van der Waals surface area (Å²) in [5.74, 6) is -0.358. The van der Waals surface area contributed by atoms with E-state index in [4.69, 9.17) is 0 Å². The van der Waals surface area contributed by atoms with Crippen LogP contribution >= 0.6 is 27.3 Å². The van der Waals surface area contributed by atoms with Crippen molar-refractivity contribution in [1.82, 2.24) is 0 Å². The maximum Gasteiger partial charge on any atom is 0.416 e. The third-order valence-corrected chi connectivity index (χ3v) is 3.94. The Bertz CT molecular complexity index is 611.